The molecular weight excluding hydrogens is 154 g/mol. The van der Waals surface area contributed by atoms with Crippen molar-refractivity contribution in [2.75, 3.05) is 47.1 Å². The summed E-state index contributed by atoms with van der Waals surface area (Å²) >= 11 is 0. The van der Waals surface area contributed by atoms with E-state index >= 15 is 0 Å². The standard InChI is InChI=1S/C9H19NO2/c1-11-6-5-10-4-3-9(7-10)8-12-2/h9H,3-8H2,1-2H3. The van der Waals surface area contributed by atoms with Crippen molar-refractivity contribution in [3.05, 3.63) is 0 Å². The van der Waals surface area contributed by atoms with Gasteiger partial charge < -0.3 is 14.4 Å². The lowest BCUT2D eigenvalue weighted by atomic mass is 10.1. The van der Waals surface area contributed by atoms with Gasteiger partial charge in [0.25, 0.3) is 0 Å². The van der Waals surface area contributed by atoms with E-state index in [4.69, 9.17) is 9.47 Å². The third-order valence-electron chi connectivity index (χ3n) is 2.38. The Morgan fingerprint density at radius 1 is 1.33 bits per heavy atom. The topological polar surface area (TPSA) is 21.7 Å². The van der Waals surface area contributed by atoms with E-state index < -0.39 is 0 Å². The predicted molar refractivity (Wildman–Crippen MR) is 48.3 cm³/mol. The minimum absolute atomic E-state index is 0.742. The average molecular weight is 173 g/mol. The van der Waals surface area contributed by atoms with Crippen molar-refractivity contribution in [2.45, 2.75) is 6.42 Å². The van der Waals surface area contributed by atoms with Crippen LogP contribution in [0, 0.1) is 5.92 Å². The lowest BCUT2D eigenvalue weighted by Crippen LogP contribution is -2.25. The fraction of sp³-hybridized carbons (Fsp3) is 1.00. The summed E-state index contributed by atoms with van der Waals surface area (Å²) in [6, 6.07) is 0. The SMILES string of the molecule is COCCN1CCC(COC)C1. The highest BCUT2D eigenvalue weighted by atomic mass is 16.5. The summed E-state index contributed by atoms with van der Waals surface area (Å²) in [7, 11) is 3.53. The second-order valence-electron chi connectivity index (χ2n) is 3.40. The first-order valence-electron chi connectivity index (χ1n) is 4.57. The zero-order valence-corrected chi connectivity index (χ0v) is 8.08. The Bertz CT molecular complexity index is 119. The highest BCUT2D eigenvalue weighted by Crippen LogP contribution is 2.15. The molecule has 3 nitrogen and oxygen atoms in total. The van der Waals surface area contributed by atoms with Crippen molar-refractivity contribution in [2.24, 2.45) is 5.92 Å². The first-order valence-corrected chi connectivity index (χ1v) is 4.57. The van der Waals surface area contributed by atoms with E-state index in [2.05, 4.69) is 4.90 Å². The van der Waals surface area contributed by atoms with E-state index in [1.807, 2.05) is 0 Å². The fourth-order valence-electron chi connectivity index (χ4n) is 1.71. The molecule has 1 unspecified atom stereocenters. The Hall–Kier alpha value is -0.120. The summed E-state index contributed by atoms with van der Waals surface area (Å²) in [6.07, 6.45) is 1.28. The number of rotatable bonds is 5. The third kappa shape index (κ3) is 3.09. The van der Waals surface area contributed by atoms with Gasteiger partial charge in [-0.25, -0.2) is 0 Å². The van der Waals surface area contributed by atoms with Crippen molar-refractivity contribution < 1.29 is 9.47 Å². The maximum absolute atomic E-state index is 5.12. The van der Waals surface area contributed by atoms with Crippen molar-refractivity contribution >= 4 is 0 Å². The minimum atomic E-state index is 0.742. The molecule has 1 aliphatic rings. The highest BCUT2D eigenvalue weighted by molar-refractivity contribution is 4.74. The Kier molecular flexibility index (Phi) is 4.58. The summed E-state index contributed by atoms with van der Waals surface area (Å²) in [4.78, 5) is 2.44. The van der Waals surface area contributed by atoms with Crippen LogP contribution in [0.25, 0.3) is 0 Å². The Morgan fingerprint density at radius 2 is 2.17 bits per heavy atom. The molecule has 1 fully saturated rings. The van der Waals surface area contributed by atoms with Gasteiger partial charge >= 0.3 is 0 Å². The lowest BCUT2D eigenvalue weighted by molar-refractivity contribution is 0.139. The normalized spacial score (nSPS) is 25.0. The summed E-state index contributed by atoms with van der Waals surface area (Å²) in [5.41, 5.74) is 0. The van der Waals surface area contributed by atoms with Crippen LogP contribution < -0.4 is 0 Å². The molecule has 0 aromatic rings. The van der Waals surface area contributed by atoms with Crippen molar-refractivity contribution in [3.63, 3.8) is 0 Å². The van der Waals surface area contributed by atoms with Crippen LogP contribution in [-0.4, -0.2) is 52.0 Å². The molecule has 72 valence electrons. The van der Waals surface area contributed by atoms with Gasteiger partial charge in [-0.15, -0.1) is 0 Å². The van der Waals surface area contributed by atoms with E-state index in [0.717, 1.165) is 25.7 Å². The van der Waals surface area contributed by atoms with Gasteiger partial charge in [-0.2, -0.15) is 0 Å². The maximum Gasteiger partial charge on any atom is 0.0589 e. The smallest absolute Gasteiger partial charge is 0.0589 e. The number of ether oxygens (including phenoxy) is 2. The molecule has 0 radical (unpaired) electrons. The number of methoxy groups -OCH3 is 2. The molecule has 1 saturated heterocycles. The molecule has 0 N–H and O–H groups in total. The van der Waals surface area contributed by atoms with Gasteiger partial charge in [0.05, 0.1) is 13.2 Å². The lowest BCUT2D eigenvalue weighted by Gasteiger charge is -2.14. The summed E-state index contributed by atoms with van der Waals surface area (Å²) in [6.45, 7) is 5.20. The third-order valence-corrected chi connectivity index (χ3v) is 2.38. The number of hydrogen-bond donors (Lipinski definition) is 0. The molecule has 1 rings (SSSR count). The number of hydrogen-bond acceptors (Lipinski definition) is 3. The first kappa shape index (κ1) is 9.96. The predicted octanol–water partition coefficient (Wildman–Crippen LogP) is 0.601. The van der Waals surface area contributed by atoms with Gasteiger partial charge in [0, 0.05) is 27.3 Å². The Labute approximate surface area is 74.6 Å². The van der Waals surface area contributed by atoms with Crippen LogP contribution in [0.3, 0.4) is 0 Å². The van der Waals surface area contributed by atoms with Crippen molar-refractivity contribution in [1.29, 1.82) is 0 Å². The van der Waals surface area contributed by atoms with Gasteiger partial charge in [-0.05, 0) is 18.9 Å². The molecule has 12 heavy (non-hydrogen) atoms. The molecule has 0 bridgehead atoms. The van der Waals surface area contributed by atoms with E-state index in [1.165, 1.54) is 19.5 Å². The first-order chi connectivity index (χ1) is 5.86. The molecule has 0 spiro atoms. The molecule has 0 aromatic heterocycles. The van der Waals surface area contributed by atoms with E-state index in [-0.39, 0.29) is 0 Å². The number of likely N-dealkylation sites (tertiary alicyclic amines) is 1. The van der Waals surface area contributed by atoms with Crippen LogP contribution in [0.15, 0.2) is 0 Å². The molecule has 0 aromatic carbocycles. The average Bonchev–Trinajstić information content (AvgIpc) is 2.50. The Balaban J connectivity index is 2.08. The van der Waals surface area contributed by atoms with Crippen LogP contribution in [0.1, 0.15) is 6.42 Å². The quantitative estimate of drug-likeness (QED) is 0.607. The summed E-state index contributed by atoms with van der Waals surface area (Å²) in [5.74, 6) is 0.742. The molecule has 1 aliphatic heterocycles. The summed E-state index contributed by atoms with van der Waals surface area (Å²) in [5, 5.41) is 0. The molecule has 1 atom stereocenters. The van der Waals surface area contributed by atoms with Gasteiger partial charge in [-0.3, -0.25) is 0 Å². The molecule has 0 saturated carbocycles. The zero-order chi connectivity index (χ0) is 8.81. The van der Waals surface area contributed by atoms with Gasteiger partial charge in [0.2, 0.25) is 0 Å². The Morgan fingerprint density at radius 3 is 2.83 bits per heavy atom. The van der Waals surface area contributed by atoms with E-state index in [9.17, 15) is 0 Å². The molecule has 0 aliphatic carbocycles. The van der Waals surface area contributed by atoms with E-state index in [0.29, 0.717) is 0 Å². The second kappa shape index (κ2) is 5.51. The number of nitrogens with zero attached hydrogens (tertiary/aromatic N) is 1. The van der Waals surface area contributed by atoms with Crippen molar-refractivity contribution in [1.82, 2.24) is 4.90 Å². The molecule has 0 amide bonds. The molecule has 3 heteroatoms. The second-order valence-corrected chi connectivity index (χ2v) is 3.40. The molecule has 1 heterocycles. The van der Waals surface area contributed by atoms with E-state index in [1.54, 1.807) is 14.2 Å². The van der Waals surface area contributed by atoms with Crippen LogP contribution in [0.5, 0.6) is 0 Å². The van der Waals surface area contributed by atoms with Crippen LogP contribution in [0.4, 0.5) is 0 Å². The monoisotopic (exact) mass is 173 g/mol. The maximum atomic E-state index is 5.12. The van der Waals surface area contributed by atoms with Gasteiger partial charge in [-0.1, -0.05) is 0 Å². The molecular formula is C9H19NO2. The van der Waals surface area contributed by atoms with Crippen LogP contribution >= 0.6 is 0 Å². The van der Waals surface area contributed by atoms with Crippen LogP contribution in [-0.2, 0) is 9.47 Å². The summed E-state index contributed by atoms with van der Waals surface area (Å²) < 4.78 is 10.1. The highest BCUT2D eigenvalue weighted by Gasteiger charge is 2.21. The van der Waals surface area contributed by atoms with Gasteiger partial charge in [0.1, 0.15) is 0 Å². The van der Waals surface area contributed by atoms with Gasteiger partial charge in [0.15, 0.2) is 0 Å². The largest absolute Gasteiger partial charge is 0.384 e. The van der Waals surface area contributed by atoms with Crippen LogP contribution in [0.2, 0.25) is 0 Å². The fourth-order valence-corrected chi connectivity index (χ4v) is 1.71. The van der Waals surface area contributed by atoms with Crippen molar-refractivity contribution in [3.8, 4) is 0 Å². The zero-order valence-electron chi connectivity index (χ0n) is 8.08. The minimum Gasteiger partial charge on any atom is -0.384 e.